The molecule has 1 aromatic rings. The molecule has 2 atom stereocenters. The van der Waals surface area contributed by atoms with Crippen molar-refractivity contribution < 1.29 is 9.53 Å². The van der Waals surface area contributed by atoms with Crippen LogP contribution in [0.5, 0.6) is 5.75 Å². The van der Waals surface area contributed by atoms with Crippen LogP contribution in [-0.4, -0.2) is 24.6 Å². The number of hydrogen-bond acceptors (Lipinski definition) is 3. The summed E-state index contributed by atoms with van der Waals surface area (Å²) in [5.74, 6) is 0.943. The average molecular weight is 276 g/mol. The molecule has 0 aliphatic heterocycles. The second-order valence-corrected chi connectivity index (χ2v) is 5.55. The Morgan fingerprint density at radius 3 is 2.75 bits per heavy atom. The van der Waals surface area contributed by atoms with Gasteiger partial charge in [-0.25, -0.2) is 0 Å². The molecule has 4 heteroatoms. The molecule has 0 saturated heterocycles. The Labute approximate surface area is 120 Å². The molecular formula is C16H24N2O2. The number of para-hydroxylation sites is 1. The van der Waals surface area contributed by atoms with Gasteiger partial charge in [-0.3, -0.25) is 4.79 Å². The minimum atomic E-state index is -0.410. The predicted molar refractivity (Wildman–Crippen MR) is 79.8 cm³/mol. The number of nitrogens with two attached hydrogens (primary N) is 1. The molecule has 2 unspecified atom stereocenters. The number of rotatable bonds is 8. The zero-order valence-corrected chi connectivity index (χ0v) is 12.3. The van der Waals surface area contributed by atoms with Crippen LogP contribution in [0.2, 0.25) is 0 Å². The number of amides is 1. The highest BCUT2D eigenvalue weighted by atomic mass is 16.5. The van der Waals surface area contributed by atoms with E-state index in [0.29, 0.717) is 18.6 Å². The lowest BCUT2D eigenvalue weighted by atomic mass is 9.98. The van der Waals surface area contributed by atoms with Gasteiger partial charge in [0.15, 0.2) is 0 Å². The molecule has 0 aromatic heterocycles. The number of benzene rings is 1. The third-order valence-corrected chi connectivity index (χ3v) is 3.83. The fourth-order valence-corrected chi connectivity index (χ4v) is 2.16. The Bertz CT molecular complexity index is 458. The van der Waals surface area contributed by atoms with Gasteiger partial charge < -0.3 is 15.8 Å². The Hall–Kier alpha value is -1.55. The highest BCUT2D eigenvalue weighted by Crippen LogP contribution is 2.28. The fraction of sp³-hybridized carbons (Fsp3) is 0.562. The molecule has 2 rings (SSSR count). The van der Waals surface area contributed by atoms with Crippen molar-refractivity contribution in [3.05, 3.63) is 29.8 Å². The number of ether oxygens (including phenoxy) is 1. The van der Waals surface area contributed by atoms with Crippen molar-refractivity contribution in [2.45, 2.75) is 51.1 Å². The predicted octanol–water partition coefficient (Wildman–Crippen LogP) is 2.18. The van der Waals surface area contributed by atoms with Gasteiger partial charge in [0.05, 0.1) is 0 Å². The standard InChI is InChI=1S/C16H24N2O2/c1-3-11(2)13-6-4-5-7-15(13)20-10-14(16(17)19)18-12-8-9-12/h4-7,11-12,14,18H,3,8-10H2,1-2H3,(H2,17,19). The van der Waals surface area contributed by atoms with E-state index in [1.54, 1.807) is 0 Å². The summed E-state index contributed by atoms with van der Waals surface area (Å²) in [5, 5.41) is 3.22. The zero-order chi connectivity index (χ0) is 14.5. The van der Waals surface area contributed by atoms with Gasteiger partial charge in [-0.15, -0.1) is 0 Å². The summed E-state index contributed by atoms with van der Waals surface area (Å²) in [6.07, 6.45) is 3.29. The van der Waals surface area contributed by atoms with Gasteiger partial charge in [-0.2, -0.15) is 0 Å². The van der Waals surface area contributed by atoms with Crippen molar-refractivity contribution in [2.75, 3.05) is 6.61 Å². The van der Waals surface area contributed by atoms with Crippen molar-refractivity contribution in [2.24, 2.45) is 5.73 Å². The van der Waals surface area contributed by atoms with Crippen molar-refractivity contribution >= 4 is 5.91 Å². The largest absolute Gasteiger partial charge is 0.491 e. The van der Waals surface area contributed by atoms with Crippen LogP contribution in [0, 0.1) is 0 Å². The van der Waals surface area contributed by atoms with Crippen LogP contribution in [0.3, 0.4) is 0 Å². The van der Waals surface area contributed by atoms with Crippen LogP contribution < -0.4 is 15.8 Å². The molecule has 20 heavy (non-hydrogen) atoms. The third-order valence-electron chi connectivity index (χ3n) is 3.83. The monoisotopic (exact) mass is 276 g/mol. The van der Waals surface area contributed by atoms with Crippen molar-refractivity contribution in [1.29, 1.82) is 0 Å². The first-order valence-corrected chi connectivity index (χ1v) is 7.39. The Morgan fingerprint density at radius 2 is 2.15 bits per heavy atom. The lowest BCUT2D eigenvalue weighted by Crippen LogP contribution is -2.46. The summed E-state index contributed by atoms with van der Waals surface area (Å²) in [5.41, 5.74) is 6.60. The van der Waals surface area contributed by atoms with Crippen LogP contribution in [0.1, 0.15) is 44.6 Å². The maximum absolute atomic E-state index is 11.4. The first kappa shape index (κ1) is 14.9. The minimum Gasteiger partial charge on any atom is -0.491 e. The molecule has 1 fully saturated rings. The number of primary amides is 1. The average Bonchev–Trinajstić information content (AvgIpc) is 3.26. The molecule has 110 valence electrons. The topological polar surface area (TPSA) is 64.3 Å². The molecule has 1 saturated carbocycles. The Morgan fingerprint density at radius 1 is 1.45 bits per heavy atom. The Balaban J connectivity index is 1.99. The maximum Gasteiger partial charge on any atom is 0.238 e. The summed E-state index contributed by atoms with van der Waals surface area (Å²) in [7, 11) is 0. The number of nitrogens with one attached hydrogen (secondary N) is 1. The summed E-state index contributed by atoms with van der Waals surface area (Å²) in [4.78, 5) is 11.4. The first-order valence-electron chi connectivity index (χ1n) is 7.39. The molecule has 0 spiro atoms. The smallest absolute Gasteiger partial charge is 0.238 e. The lowest BCUT2D eigenvalue weighted by Gasteiger charge is -2.19. The van der Waals surface area contributed by atoms with E-state index in [0.717, 1.165) is 25.0 Å². The molecule has 0 bridgehead atoms. The molecule has 1 aliphatic carbocycles. The number of carbonyl (C=O) groups is 1. The van der Waals surface area contributed by atoms with Crippen molar-refractivity contribution in [1.82, 2.24) is 5.32 Å². The van der Waals surface area contributed by atoms with Crippen LogP contribution in [0.4, 0.5) is 0 Å². The zero-order valence-electron chi connectivity index (χ0n) is 12.3. The highest BCUT2D eigenvalue weighted by molar-refractivity contribution is 5.80. The Kier molecular flexibility index (Phi) is 5.01. The summed E-state index contributed by atoms with van der Waals surface area (Å²) in [6, 6.07) is 8.03. The molecular weight excluding hydrogens is 252 g/mol. The SMILES string of the molecule is CCC(C)c1ccccc1OCC(NC1CC1)C(N)=O. The number of hydrogen-bond donors (Lipinski definition) is 2. The van der Waals surface area contributed by atoms with E-state index in [9.17, 15) is 4.79 Å². The third kappa shape index (κ3) is 3.97. The van der Waals surface area contributed by atoms with Crippen LogP contribution in [0.15, 0.2) is 24.3 Å². The highest BCUT2D eigenvalue weighted by Gasteiger charge is 2.27. The number of carbonyl (C=O) groups excluding carboxylic acids is 1. The normalized spacial score (nSPS) is 17.5. The maximum atomic E-state index is 11.4. The second kappa shape index (κ2) is 6.75. The molecule has 1 aliphatic rings. The van der Waals surface area contributed by atoms with E-state index in [4.69, 9.17) is 10.5 Å². The quantitative estimate of drug-likeness (QED) is 0.765. The molecule has 1 aromatic carbocycles. The van der Waals surface area contributed by atoms with E-state index < -0.39 is 6.04 Å². The first-order chi connectivity index (χ1) is 9.61. The van der Waals surface area contributed by atoms with Crippen LogP contribution >= 0.6 is 0 Å². The van der Waals surface area contributed by atoms with Gasteiger partial charge >= 0.3 is 0 Å². The van der Waals surface area contributed by atoms with E-state index in [1.807, 2.05) is 18.2 Å². The second-order valence-electron chi connectivity index (χ2n) is 5.55. The molecule has 0 radical (unpaired) electrons. The minimum absolute atomic E-state index is 0.291. The summed E-state index contributed by atoms with van der Waals surface area (Å²) >= 11 is 0. The van der Waals surface area contributed by atoms with E-state index >= 15 is 0 Å². The van der Waals surface area contributed by atoms with Gasteiger partial charge in [0.2, 0.25) is 5.91 Å². The molecule has 4 nitrogen and oxygen atoms in total. The van der Waals surface area contributed by atoms with Crippen molar-refractivity contribution in [3.8, 4) is 5.75 Å². The van der Waals surface area contributed by atoms with Gasteiger partial charge in [0.1, 0.15) is 18.4 Å². The molecule has 1 amide bonds. The van der Waals surface area contributed by atoms with Gasteiger partial charge in [0.25, 0.3) is 0 Å². The van der Waals surface area contributed by atoms with E-state index in [-0.39, 0.29) is 5.91 Å². The van der Waals surface area contributed by atoms with Gasteiger partial charge in [0, 0.05) is 6.04 Å². The van der Waals surface area contributed by atoms with Crippen LogP contribution in [0.25, 0.3) is 0 Å². The summed E-state index contributed by atoms with van der Waals surface area (Å²) in [6.45, 7) is 4.62. The van der Waals surface area contributed by atoms with Crippen molar-refractivity contribution in [3.63, 3.8) is 0 Å². The molecule has 0 heterocycles. The van der Waals surface area contributed by atoms with Gasteiger partial charge in [-0.1, -0.05) is 32.0 Å². The fourth-order valence-electron chi connectivity index (χ4n) is 2.16. The van der Waals surface area contributed by atoms with E-state index in [2.05, 4.69) is 25.2 Å². The van der Waals surface area contributed by atoms with Crippen LogP contribution in [-0.2, 0) is 4.79 Å². The van der Waals surface area contributed by atoms with E-state index in [1.165, 1.54) is 5.56 Å². The lowest BCUT2D eigenvalue weighted by molar-refractivity contribution is -0.120. The summed E-state index contributed by atoms with van der Waals surface area (Å²) < 4.78 is 5.85. The molecule has 3 N–H and O–H groups in total. The van der Waals surface area contributed by atoms with Gasteiger partial charge in [-0.05, 0) is 36.8 Å².